The monoisotopic (exact) mass is 349 g/mol. The van der Waals surface area contributed by atoms with Gasteiger partial charge in [-0.1, -0.05) is 0 Å². The van der Waals surface area contributed by atoms with E-state index in [1.54, 1.807) is 12.1 Å². The maximum atomic E-state index is 13.2. The predicted molar refractivity (Wildman–Crippen MR) is 98.6 cm³/mol. The van der Waals surface area contributed by atoms with Crippen molar-refractivity contribution in [3.63, 3.8) is 0 Å². The van der Waals surface area contributed by atoms with E-state index in [4.69, 9.17) is 5.26 Å². The van der Waals surface area contributed by atoms with E-state index in [9.17, 15) is 4.79 Å². The summed E-state index contributed by atoms with van der Waals surface area (Å²) in [5, 5.41) is 13.3. The third-order valence-electron chi connectivity index (χ3n) is 5.49. The van der Waals surface area contributed by atoms with Crippen LogP contribution in [0.3, 0.4) is 0 Å². The van der Waals surface area contributed by atoms with Gasteiger partial charge in [0.15, 0.2) is 0 Å². The molecule has 0 bridgehead atoms. The Kier molecular flexibility index (Phi) is 4.72. The third-order valence-corrected chi connectivity index (χ3v) is 5.49. The molecule has 0 N–H and O–H groups in total. The average molecular weight is 349 g/mol. The molecular formula is C20H23N5O. The number of rotatable bonds is 3. The fourth-order valence-corrected chi connectivity index (χ4v) is 4.15. The highest BCUT2D eigenvalue weighted by atomic mass is 16.2. The fraction of sp³-hybridized carbons (Fsp3) is 0.450. The number of carbonyl (C=O) groups is 1. The van der Waals surface area contributed by atoms with Gasteiger partial charge >= 0.3 is 0 Å². The van der Waals surface area contributed by atoms with E-state index < -0.39 is 0 Å². The number of hydrogen-bond donors (Lipinski definition) is 0. The fourth-order valence-electron chi connectivity index (χ4n) is 4.15. The van der Waals surface area contributed by atoms with Crippen LogP contribution in [0.15, 0.2) is 42.7 Å². The van der Waals surface area contributed by atoms with Crippen LogP contribution in [0.1, 0.15) is 37.3 Å². The van der Waals surface area contributed by atoms with E-state index in [0.29, 0.717) is 11.6 Å². The van der Waals surface area contributed by atoms with Crippen molar-refractivity contribution in [1.82, 2.24) is 14.7 Å². The maximum absolute atomic E-state index is 13.2. The van der Waals surface area contributed by atoms with Crippen LogP contribution in [0.2, 0.25) is 0 Å². The minimum Gasteiger partial charge on any atom is -0.311 e. The summed E-state index contributed by atoms with van der Waals surface area (Å²) in [5.41, 5.74) is 1.51. The summed E-state index contributed by atoms with van der Waals surface area (Å²) in [4.78, 5) is 17.4. The smallest absolute Gasteiger partial charge is 0.244 e. The van der Waals surface area contributed by atoms with Crippen molar-refractivity contribution in [2.24, 2.45) is 0 Å². The Morgan fingerprint density at radius 1 is 1.12 bits per heavy atom. The summed E-state index contributed by atoms with van der Waals surface area (Å²) in [7, 11) is 0. The van der Waals surface area contributed by atoms with Crippen molar-refractivity contribution >= 4 is 11.6 Å². The van der Waals surface area contributed by atoms with Gasteiger partial charge < -0.3 is 4.90 Å². The van der Waals surface area contributed by atoms with Crippen molar-refractivity contribution in [1.29, 1.82) is 5.26 Å². The van der Waals surface area contributed by atoms with Crippen LogP contribution in [0.4, 0.5) is 5.69 Å². The van der Waals surface area contributed by atoms with E-state index in [1.165, 1.54) is 0 Å². The lowest BCUT2D eigenvalue weighted by atomic mass is 9.97. The Morgan fingerprint density at radius 2 is 1.92 bits per heavy atom. The van der Waals surface area contributed by atoms with Crippen LogP contribution in [0, 0.1) is 11.3 Å². The number of nitriles is 1. The second kappa shape index (κ2) is 7.30. The lowest BCUT2D eigenvalue weighted by molar-refractivity contribution is -0.126. The third kappa shape index (κ3) is 3.23. The molecule has 6 heteroatoms. The zero-order valence-electron chi connectivity index (χ0n) is 14.8. The first kappa shape index (κ1) is 16.8. The Labute approximate surface area is 153 Å². The van der Waals surface area contributed by atoms with Crippen LogP contribution < -0.4 is 4.90 Å². The summed E-state index contributed by atoms with van der Waals surface area (Å²) in [6.45, 7) is 2.59. The molecule has 6 nitrogen and oxygen atoms in total. The first-order valence-corrected chi connectivity index (χ1v) is 9.31. The molecule has 2 aliphatic rings. The highest BCUT2D eigenvalue weighted by Crippen LogP contribution is 2.28. The Hall–Kier alpha value is -2.65. The van der Waals surface area contributed by atoms with Gasteiger partial charge in [0.25, 0.3) is 0 Å². The van der Waals surface area contributed by atoms with Gasteiger partial charge in [0, 0.05) is 31.2 Å². The molecule has 2 saturated heterocycles. The summed E-state index contributed by atoms with van der Waals surface area (Å²) in [6, 6.07) is 11.7. The second-order valence-corrected chi connectivity index (χ2v) is 7.08. The van der Waals surface area contributed by atoms with E-state index in [-0.39, 0.29) is 11.9 Å². The van der Waals surface area contributed by atoms with Crippen molar-refractivity contribution in [3.05, 3.63) is 48.3 Å². The molecule has 1 aromatic heterocycles. The molecule has 3 heterocycles. The number of anilines is 1. The van der Waals surface area contributed by atoms with Crippen molar-refractivity contribution in [2.45, 2.75) is 37.8 Å². The quantitative estimate of drug-likeness (QED) is 0.854. The Bertz CT molecular complexity index is 793. The topological polar surface area (TPSA) is 65.2 Å². The molecule has 0 unspecified atom stereocenters. The van der Waals surface area contributed by atoms with Crippen molar-refractivity contribution in [3.8, 4) is 6.07 Å². The first-order chi connectivity index (χ1) is 12.8. The zero-order valence-corrected chi connectivity index (χ0v) is 14.8. The van der Waals surface area contributed by atoms with Crippen LogP contribution in [0.25, 0.3) is 0 Å². The number of benzene rings is 1. The SMILES string of the molecule is N#Cc1ccc(N2CCC[C@H](N3CCC[C@H](n4cccn4)C3)C2=O)cc1. The van der Waals surface area contributed by atoms with Gasteiger partial charge in [-0.3, -0.25) is 14.4 Å². The largest absolute Gasteiger partial charge is 0.311 e. The molecule has 26 heavy (non-hydrogen) atoms. The van der Waals surface area contributed by atoms with Gasteiger partial charge in [0.2, 0.25) is 5.91 Å². The van der Waals surface area contributed by atoms with Crippen LogP contribution in [0.5, 0.6) is 0 Å². The molecule has 4 rings (SSSR count). The number of piperidine rings is 2. The number of amides is 1. The number of likely N-dealkylation sites (tertiary alicyclic amines) is 1. The second-order valence-electron chi connectivity index (χ2n) is 7.08. The van der Waals surface area contributed by atoms with Crippen molar-refractivity contribution in [2.75, 3.05) is 24.5 Å². The van der Waals surface area contributed by atoms with Crippen LogP contribution in [-0.2, 0) is 4.79 Å². The minimum absolute atomic E-state index is 0.0576. The average Bonchev–Trinajstić information content (AvgIpc) is 3.23. The number of hydrogen-bond acceptors (Lipinski definition) is 4. The molecule has 0 radical (unpaired) electrons. The summed E-state index contributed by atoms with van der Waals surface area (Å²) < 4.78 is 2.03. The summed E-state index contributed by atoms with van der Waals surface area (Å²) in [5.74, 6) is 0.182. The molecule has 0 spiro atoms. The maximum Gasteiger partial charge on any atom is 0.244 e. The van der Waals surface area contributed by atoms with E-state index in [2.05, 4.69) is 16.1 Å². The first-order valence-electron chi connectivity index (χ1n) is 9.31. The molecular weight excluding hydrogens is 326 g/mol. The van der Waals surface area contributed by atoms with Gasteiger partial charge in [-0.05, 0) is 62.6 Å². The van der Waals surface area contributed by atoms with Gasteiger partial charge in [-0.2, -0.15) is 10.4 Å². The molecule has 2 aromatic rings. The van der Waals surface area contributed by atoms with Gasteiger partial charge in [0.05, 0.1) is 23.7 Å². The Balaban J connectivity index is 1.49. The zero-order chi connectivity index (χ0) is 17.9. The molecule has 0 saturated carbocycles. The number of carbonyl (C=O) groups excluding carboxylic acids is 1. The van der Waals surface area contributed by atoms with Gasteiger partial charge in [0.1, 0.15) is 0 Å². The van der Waals surface area contributed by atoms with Crippen LogP contribution >= 0.6 is 0 Å². The highest BCUT2D eigenvalue weighted by molar-refractivity contribution is 5.98. The van der Waals surface area contributed by atoms with Gasteiger partial charge in [-0.15, -0.1) is 0 Å². The Morgan fingerprint density at radius 3 is 2.65 bits per heavy atom. The van der Waals surface area contributed by atoms with Gasteiger partial charge in [-0.25, -0.2) is 0 Å². The van der Waals surface area contributed by atoms with Crippen LogP contribution in [-0.4, -0.2) is 46.3 Å². The normalized spacial score (nSPS) is 24.4. The van der Waals surface area contributed by atoms with Crippen molar-refractivity contribution < 1.29 is 4.79 Å². The molecule has 2 fully saturated rings. The molecule has 2 atom stereocenters. The highest BCUT2D eigenvalue weighted by Gasteiger charge is 2.36. The van der Waals surface area contributed by atoms with E-state index in [1.807, 2.05) is 40.2 Å². The minimum atomic E-state index is -0.0576. The molecule has 1 aromatic carbocycles. The van der Waals surface area contributed by atoms with E-state index in [0.717, 1.165) is 51.0 Å². The molecule has 1 amide bonds. The number of aromatic nitrogens is 2. The summed E-state index contributed by atoms with van der Waals surface area (Å²) >= 11 is 0. The molecule has 0 aliphatic carbocycles. The standard InChI is InChI=1S/C20H23N5O/c21-14-16-6-8-17(9-7-16)24-12-2-5-19(20(24)26)23-11-1-4-18(15-23)25-13-3-10-22-25/h3,6-10,13,18-19H,1-2,4-5,11-12,15H2/t18-,19-/m0/s1. The van der Waals surface area contributed by atoms with E-state index >= 15 is 0 Å². The number of nitrogens with zero attached hydrogens (tertiary/aromatic N) is 5. The lowest BCUT2D eigenvalue weighted by Gasteiger charge is -2.42. The lowest BCUT2D eigenvalue weighted by Crippen LogP contribution is -2.55. The predicted octanol–water partition coefficient (Wildman–Crippen LogP) is 2.59. The summed E-state index contributed by atoms with van der Waals surface area (Å²) in [6.07, 6.45) is 7.94. The molecule has 2 aliphatic heterocycles. The molecule has 134 valence electrons.